The third kappa shape index (κ3) is 2.18. The fourth-order valence-electron chi connectivity index (χ4n) is 2.73. The highest BCUT2D eigenvalue weighted by atomic mass is 15.1. The highest BCUT2D eigenvalue weighted by molar-refractivity contribution is 5.59. The van der Waals surface area contributed by atoms with E-state index in [1.165, 1.54) is 16.8 Å². The zero-order chi connectivity index (χ0) is 13.4. The summed E-state index contributed by atoms with van der Waals surface area (Å²) >= 11 is 0. The molecule has 0 unspecified atom stereocenters. The number of nitrogens with zero attached hydrogens (tertiary/aromatic N) is 2. The minimum absolute atomic E-state index is 0.845. The molecule has 1 aliphatic heterocycles. The third-order valence-electron chi connectivity index (χ3n) is 3.87. The number of aryl methyl sites for hydroxylation is 2. The molecule has 0 bridgehead atoms. The van der Waals surface area contributed by atoms with E-state index in [0.29, 0.717) is 0 Å². The van der Waals surface area contributed by atoms with Crippen molar-refractivity contribution in [2.75, 3.05) is 23.8 Å². The average molecular weight is 256 g/mol. The number of anilines is 2. The lowest BCUT2D eigenvalue weighted by Crippen LogP contribution is -2.12. The minimum atomic E-state index is 0.845. The number of hydrogen-bond acceptors (Lipinski definition) is 3. The first kappa shape index (κ1) is 12.1. The van der Waals surface area contributed by atoms with Gasteiger partial charge in [0.25, 0.3) is 0 Å². The Morgan fingerprint density at radius 3 is 2.95 bits per heavy atom. The summed E-state index contributed by atoms with van der Waals surface area (Å²) in [6.07, 6.45) is 1.16. The number of nitrogens with one attached hydrogen (secondary N) is 2. The molecule has 4 nitrogen and oxygen atoms in total. The van der Waals surface area contributed by atoms with Gasteiger partial charge in [-0.1, -0.05) is 12.1 Å². The van der Waals surface area contributed by atoms with Gasteiger partial charge in [-0.05, 0) is 37.5 Å². The zero-order valence-corrected chi connectivity index (χ0v) is 11.7. The summed E-state index contributed by atoms with van der Waals surface area (Å²) < 4.78 is 0. The van der Waals surface area contributed by atoms with Crippen molar-refractivity contribution >= 4 is 11.4 Å². The van der Waals surface area contributed by atoms with Gasteiger partial charge in [-0.25, -0.2) is 0 Å². The van der Waals surface area contributed by atoms with Gasteiger partial charge in [0.05, 0.1) is 17.1 Å². The molecule has 4 heteroatoms. The fraction of sp³-hybridized carbons (Fsp3) is 0.400. The van der Waals surface area contributed by atoms with Crippen LogP contribution in [-0.4, -0.2) is 23.8 Å². The van der Waals surface area contributed by atoms with Crippen LogP contribution in [0, 0.1) is 13.8 Å². The molecule has 0 saturated carbocycles. The minimum Gasteiger partial charge on any atom is -0.378 e. The van der Waals surface area contributed by atoms with E-state index in [2.05, 4.69) is 45.7 Å². The van der Waals surface area contributed by atoms with Gasteiger partial charge in [-0.15, -0.1) is 0 Å². The highest BCUT2D eigenvalue weighted by Crippen LogP contribution is 2.27. The van der Waals surface area contributed by atoms with Gasteiger partial charge >= 0.3 is 0 Å². The molecule has 0 radical (unpaired) electrons. The molecule has 2 N–H and O–H groups in total. The molecular weight excluding hydrogens is 236 g/mol. The van der Waals surface area contributed by atoms with E-state index < -0.39 is 0 Å². The van der Waals surface area contributed by atoms with Crippen LogP contribution in [0.4, 0.5) is 11.4 Å². The average Bonchev–Trinajstić information content (AvgIpc) is 2.92. The van der Waals surface area contributed by atoms with Crippen molar-refractivity contribution in [2.45, 2.75) is 26.8 Å². The first-order valence-corrected chi connectivity index (χ1v) is 6.73. The van der Waals surface area contributed by atoms with Crippen molar-refractivity contribution < 1.29 is 0 Å². The summed E-state index contributed by atoms with van der Waals surface area (Å²) in [5.74, 6) is 0. The van der Waals surface area contributed by atoms with E-state index in [-0.39, 0.29) is 0 Å². The van der Waals surface area contributed by atoms with Gasteiger partial charge in [0.1, 0.15) is 0 Å². The van der Waals surface area contributed by atoms with Crippen LogP contribution >= 0.6 is 0 Å². The summed E-state index contributed by atoms with van der Waals surface area (Å²) in [5, 5.41) is 10.7. The first-order valence-electron chi connectivity index (χ1n) is 6.73. The van der Waals surface area contributed by atoms with Crippen LogP contribution in [0.1, 0.15) is 22.5 Å². The molecule has 0 amide bonds. The van der Waals surface area contributed by atoms with Crippen LogP contribution in [-0.2, 0) is 13.0 Å². The second-order valence-corrected chi connectivity index (χ2v) is 5.30. The van der Waals surface area contributed by atoms with E-state index in [9.17, 15) is 0 Å². The normalized spacial score (nSPS) is 13.7. The zero-order valence-electron chi connectivity index (χ0n) is 11.7. The number of likely N-dealkylation sites (N-methyl/N-ethyl adjacent to an activating group) is 1. The fourth-order valence-corrected chi connectivity index (χ4v) is 2.73. The Morgan fingerprint density at radius 2 is 2.21 bits per heavy atom. The number of hydrogen-bond donors (Lipinski definition) is 2. The SMILES string of the molecule is Cc1n[nH]c(C)c1NCc1ccc2c(c1)CCN2C. The van der Waals surface area contributed by atoms with Crippen LogP contribution in [0.15, 0.2) is 18.2 Å². The number of rotatable bonds is 3. The van der Waals surface area contributed by atoms with Crippen LogP contribution < -0.4 is 10.2 Å². The molecule has 0 fully saturated rings. The standard InChI is InChI=1S/C15H20N4/c1-10-15(11(2)18-17-10)16-9-12-4-5-14-13(8-12)6-7-19(14)3/h4-5,8,16H,6-7,9H2,1-3H3,(H,17,18). The number of fused-ring (bicyclic) bond motifs is 1. The van der Waals surface area contributed by atoms with E-state index >= 15 is 0 Å². The molecule has 0 aliphatic carbocycles. The Balaban J connectivity index is 1.75. The molecule has 0 saturated heterocycles. The van der Waals surface area contributed by atoms with Crippen molar-refractivity contribution in [3.05, 3.63) is 40.7 Å². The Kier molecular flexibility index (Phi) is 2.93. The van der Waals surface area contributed by atoms with Gasteiger partial charge in [-0.3, -0.25) is 5.10 Å². The summed E-state index contributed by atoms with van der Waals surface area (Å²) in [7, 11) is 2.15. The summed E-state index contributed by atoms with van der Waals surface area (Å²) in [4.78, 5) is 2.32. The molecule has 0 spiro atoms. The number of aromatic nitrogens is 2. The van der Waals surface area contributed by atoms with Gasteiger partial charge in [0, 0.05) is 25.8 Å². The van der Waals surface area contributed by atoms with Gasteiger partial charge in [0.2, 0.25) is 0 Å². The number of aromatic amines is 1. The lowest BCUT2D eigenvalue weighted by molar-refractivity contribution is 0.955. The van der Waals surface area contributed by atoms with Crippen molar-refractivity contribution in [3.63, 3.8) is 0 Å². The molecule has 2 aromatic rings. The molecule has 100 valence electrons. The van der Waals surface area contributed by atoms with Crippen molar-refractivity contribution in [1.82, 2.24) is 10.2 Å². The molecule has 3 rings (SSSR count). The summed E-state index contributed by atoms with van der Waals surface area (Å²) in [6, 6.07) is 6.75. The maximum atomic E-state index is 4.20. The number of H-pyrrole nitrogens is 1. The van der Waals surface area contributed by atoms with Crippen LogP contribution in [0.5, 0.6) is 0 Å². The van der Waals surface area contributed by atoms with Crippen LogP contribution in [0.3, 0.4) is 0 Å². The van der Waals surface area contributed by atoms with Crippen LogP contribution in [0.2, 0.25) is 0 Å². The predicted molar refractivity (Wildman–Crippen MR) is 78.8 cm³/mol. The maximum absolute atomic E-state index is 4.20. The first-order chi connectivity index (χ1) is 9.15. The third-order valence-corrected chi connectivity index (χ3v) is 3.87. The summed E-state index contributed by atoms with van der Waals surface area (Å²) in [6.45, 7) is 6.04. The lowest BCUT2D eigenvalue weighted by Gasteiger charge is -2.12. The second kappa shape index (κ2) is 4.61. The van der Waals surface area contributed by atoms with Gasteiger partial charge in [0.15, 0.2) is 0 Å². The Hall–Kier alpha value is -1.97. The van der Waals surface area contributed by atoms with E-state index in [4.69, 9.17) is 0 Å². The smallest absolute Gasteiger partial charge is 0.0825 e. The molecule has 2 heterocycles. The quantitative estimate of drug-likeness (QED) is 0.887. The molecule has 19 heavy (non-hydrogen) atoms. The van der Waals surface area contributed by atoms with Gasteiger partial charge in [-0.2, -0.15) is 5.10 Å². The molecule has 1 aromatic carbocycles. The topological polar surface area (TPSA) is 44.0 Å². The van der Waals surface area contributed by atoms with Crippen molar-refractivity contribution in [3.8, 4) is 0 Å². The number of benzene rings is 1. The Bertz CT molecular complexity index is 581. The van der Waals surface area contributed by atoms with E-state index in [1.54, 1.807) is 0 Å². The van der Waals surface area contributed by atoms with Gasteiger partial charge < -0.3 is 10.2 Å². The van der Waals surface area contributed by atoms with E-state index in [0.717, 1.165) is 36.6 Å². The predicted octanol–water partition coefficient (Wildman–Crippen LogP) is 2.63. The van der Waals surface area contributed by atoms with E-state index in [1.807, 2.05) is 13.8 Å². The maximum Gasteiger partial charge on any atom is 0.0825 e. The van der Waals surface area contributed by atoms with Crippen molar-refractivity contribution in [2.24, 2.45) is 0 Å². The molecule has 1 aliphatic rings. The van der Waals surface area contributed by atoms with Crippen molar-refractivity contribution in [1.29, 1.82) is 0 Å². The summed E-state index contributed by atoms with van der Waals surface area (Å²) in [5.41, 5.74) is 7.41. The molecule has 1 aromatic heterocycles. The molecular formula is C15H20N4. The largest absolute Gasteiger partial charge is 0.378 e. The highest BCUT2D eigenvalue weighted by Gasteiger charge is 2.15. The van der Waals surface area contributed by atoms with Crippen LogP contribution in [0.25, 0.3) is 0 Å². The monoisotopic (exact) mass is 256 g/mol. The molecule has 0 atom stereocenters. The Morgan fingerprint density at radius 1 is 1.37 bits per heavy atom. The Labute approximate surface area is 113 Å². The lowest BCUT2D eigenvalue weighted by atomic mass is 10.1. The second-order valence-electron chi connectivity index (χ2n) is 5.30.